The van der Waals surface area contributed by atoms with Crippen molar-refractivity contribution in [3.63, 3.8) is 0 Å². The molecule has 0 spiro atoms. The molecule has 1 aromatic carbocycles. The van der Waals surface area contributed by atoms with Gasteiger partial charge in [0.2, 0.25) is 0 Å². The summed E-state index contributed by atoms with van der Waals surface area (Å²) in [6.45, 7) is 5.84. The van der Waals surface area contributed by atoms with Gasteiger partial charge in [0.15, 0.2) is 5.96 Å². The summed E-state index contributed by atoms with van der Waals surface area (Å²) in [6.07, 6.45) is 0.825. The molecule has 2 N–H and O–H groups in total. The molecule has 0 fully saturated rings. The van der Waals surface area contributed by atoms with E-state index in [4.69, 9.17) is 0 Å². The maximum absolute atomic E-state index is 10.8. The van der Waals surface area contributed by atoms with Gasteiger partial charge in [-0.05, 0) is 19.4 Å². The first-order valence-corrected chi connectivity index (χ1v) is 8.63. The number of nitrogens with zero attached hydrogens (tertiary/aromatic N) is 3. The van der Waals surface area contributed by atoms with Crippen LogP contribution in [0.1, 0.15) is 23.2 Å². The monoisotopic (exact) mass is 347 g/mol. The Hall–Kier alpha value is -2.48. The minimum absolute atomic E-state index is 0.0829. The third-order valence-electron chi connectivity index (χ3n) is 3.23. The predicted octanol–water partition coefficient (Wildman–Crippen LogP) is 2.66. The van der Waals surface area contributed by atoms with Crippen molar-refractivity contribution in [2.75, 3.05) is 13.1 Å². The van der Waals surface area contributed by atoms with Crippen molar-refractivity contribution >= 4 is 23.0 Å². The molecule has 0 saturated carbocycles. The van der Waals surface area contributed by atoms with E-state index >= 15 is 0 Å². The molecule has 128 valence electrons. The lowest BCUT2D eigenvalue weighted by molar-refractivity contribution is -0.384. The first-order valence-electron chi connectivity index (χ1n) is 7.75. The van der Waals surface area contributed by atoms with Crippen LogP contribution in [0.3, 0.4) is 0 Å². The Balaban J connectivity index is 1.92. The van der Waals surface area contributed by atoms with Gasteiger partial charge in [0, 0.05) is 37.0 Å². The molecule has 0 amide bonds. The molecular formula is C16H21N5O2S. The van der Waals surface area contributed by atoms with Crippen LogP contribution in [-0.2, 0) is 13.0 Å². The highest BCUT2D eigenvalue weighted by Gasteiger charge is 2.06. The van der Waals surface area contributed by atoms with E-state index in [-0.39, 0.29) is 5.69 Å². The predicted molar refractivity (Wildman–Crippen MR) is 96.5 cm³/mol. The molecular weight excluding hydrogens is 326 g/mol. The number of thiazole rings is 1. The van der Waals surface area contributed by atoms with E-state index in [0.717, 1.165) is 35.8 Å². The van der Waals surface area contributed by atoms with E-state index in [1.165, 1.54) is 6.07 Å². The average Bonchev–Trinajstić information content (AvgIpc) is 2.98. The van der Waals surface area contributed by atoms with Crippen molar-refractivity contribution in [3.8, 4) is 0 Å². The summed E-state index contributed by atoms with van der Waals surface area (Å²) in [5.74, 6) is 0.691. The van der Waals surface area contributed by atoms with Crippen molar-refractivity contribution in [2.24, 2.45) is 4.99 Å². The minimum atomic E-state index is -0.396. The lowest BCUT2D eigenvalue weighted by atomic mass is 10.2. The highest BCUT2D eigenvalue weighted by Crippen LogP contribution is 2.13. The number of hydrogen-bond acceptors (Lipinski definition) is 5. The number of aryl methyl sites for hydroxylation is 1. The van der Waals surface area contributed by atoms with Crippen molar-refractivity contribution in [1.29, 1.82) is 0 Å². The molecule has 1 heterocycles. The fourth-order valence-electron chi connectivity index (χ4n) is 2.11. The zero-order chi connectivity index (χ0) is 17.4. The highest BCUT2D eigenvalue weighted by atomic mass is 32.1. The molecule has 1 aromatic heterocycles. The van der Waals surface area contributed by atoms with Gasteiger partial charge in [0.25, 0.3) is 5.69 Å². The van der Waals surface area contributed by atoms with Gasteiger partial charge in [-0.3, -0.25) is 10.1 Å². The van der Waals surface area contributed by atoms with E-state index in [0.29, 0.717) is 12.5 Å². The van der Waals surface area contributed by atoms with E-state index in [2.05, 4.69) is 26.0 Å². The Bertz CT molecular complexity index is 714. The smallest absolute Gasteiger partial charge is 0.269 e. The number of hydrogen-bond donors (Lipinski definition) is 2. The van der Waals surface area contributed by atoms with E-state index in [1.807, 2.05) is 19.9 Å². The largest absolute Gasteiger partial charge is 0.357 e. The van der Waals surface area contributed by atoms with Crippen molar-refractivity contribution in [1.82, 2.24) is 15.6 Å². The van der Waals surface area contributed by atoms with Gasteiger partial charge in [-0.25, -0.2) is 9.98 Å². The highest BCUT2D eigenvalue weighted by molar-refractivity contribution is 7.09. The molecule has 0 aliphatic rings. The second-order valence-electron chi connectivity index (χ2n) is 5.16. The summed E-state index contributed by atoms with van der Waals surface area (Å²) in [5, 5.41) is 20.4. The second kappa shape index (κ2) is 8.97. The number of aromatic nitrogens is 1. The minimum Gasteiger partial charge on any atom is -0.357 e. The zero-order valence-corrected chi connectivity index (χ0v) is 14.6. The summed E-state index contributed by atoms with van der Waals surface area (Å²) in [5.41, 5.74) is 1.95. The molecule has 0 aliphatic carbocycles. The molecule has 0 unspecified atom stereocenters. The van der Waals surface area contributed by atoms with E-state index in [1.54, 1.807) is 23.5 Å². The van der Waals surface area contributed by atoms with Crippen LogP contribution in [0.15, 0.2) is 34.6 Å². The standard InChI is InChI=1S/C16H21N5O2S/c1-3-17-16(18-8-7-14-11-24-12(2)20-14)19-10-13-5-4-6-15(9-13)21(22)23/h4-6,9,11H,3,7-8,10H2,1-2H3,(H2,17,18,19). The molecule has 0 radical (unpaired) electrons. The van der Waals surface area contributed by atoms with Crippen LogP contribution in [0.5, 0.6) is 0 Å². The first-order chi connectivity index (χ1) is 11.6. The van der Waals surface area contributed by atoms with Crippen LogP contribution in [0.2, 0.25) is 0 Å². The molecule has 24 heavy (non-hydrogen) atoms. The summed E-state index contributed by atoms with van der Waals surface area (Å²) >= 11 is 1.64. The van der Waals surface area contributed by atoms with Crippen LogP contribution in [0.25, 0.3) is 0 Å². The van der Waals surface area contributed by atoms with Gasteiger partial charge < -0.3 is 10.6 Å². The van der Waals surface area contributed by atoms with Gasteiger partial charge in [-0.1, -0.05) is 12.1 Å². The van der Waals surface area contributed by atoms with Crippen LogP contribution < -0.4 is 10.6 Å². The third kappa shape index (κ3) is 5.62. The van der Waals surface area contributed by atoms with Crippen LogP contribution in [0, 0.1) is 17.0 Å². The number of nitro benzene ring substituents is 1. The lowest BCUT2D eigenvalue weighted by Gasteiger charge is -2.10. The quantitative estimate of drug-likeness (QED) is 0.348. The molecule has 8 heteroatoms. The summed E-state index contributed by atoms with van der Waals surface area (Å²) < 4.78 is 0. The number of rotatable bonds is 7. The van der Waals surface area contributed by atoms with Crippen molar-refractivity contribution in [2.45, 2.75) is 26.8 Å². The summed E-state index contributed by atoms with van der Waals surface area (Å²) in [7, 11) is 0. The van der Waals surface area contributed by atoms with E-state index in [9.17, 15) is 10.1 Å². The second-order valence-corrected chi connectivity index (χ2v) is 6.22. The van der Waals surface area contributed by atoms with Crippen LogP contribution >= 0.6 is 11.3 Å². The molecule has 0 atom stereocenters. The summed E-state index contributed by atoms with van der Waals surface area (Å²) in [6, 6.07) is 6.53. The first kappa shape index (κ1) is 17.9. The number of nitro groups is 1. The SMILES string of the molecule is CCNC(=NCc1cccc([N+](=O)[O-])c1)NCCc1csc(C)n1. The third-order valence-corrected chi connectivity index (χ3v) is 4.05. The molecule has 2 rings (SSSR count). The van der Waals surface area contributed by atoms with Crippen molar-refractivity contribution in [3.05, 3.63) is 56.0 Å². The Kier molecular flexibility index (Phi) is 6.68. The lowest BCUT2D eigenvalue weighted by Crippen LogP contribution is -2.38. The van der Waals surface area contributed by atoms with Gasteiger partial charge in [-0.15, -0.1) is 11.3 Å². The number of non-ortho nitro benzene ring substituents is 1. The average molecular weight is 347 g/mol. The van der Waals surface area contributed by atoms with Gasteiger partial charge >= 0.3 is 0 Å². The topological polar surface area (TPSA) is 92.5 Å². The number of aliphatic imine (C=N–C) groups is 1. The molecule has 7 nitrogen and oxygen atoms in total. The summed E-state index contributed by atoms with van der Waals surface area (Å²) in [4.78, 5) is 19.3. The molecule has 0 bridgehead atoms. The number of benzene rings is 1. The van der Waals surface area contributed by atoms with Gasteiger partial charge in [0.05, 0.1) is 22.2 Å². The molecule has 0 saturated heterocycles. The number of nitrogens with one attached hydrogen (secondary N) is 2. The van der Waals surface area contributed by atoms with Crippen LogP contribution in [-0.4, -0.2) is 29.0 Å². The van der Waals surface area contributed by atoms with Crippen LogP contribution in [0.4, 0.5) is 5.69 Å². The Morgan fingerprint density at radius 3 is 2.92 bits per heavy atom. The fourth-order valence-corrected chi connectivity index (χ4v) is 2.76. The normalized spacial score (nSPS) is 11.3. The molecule has 0 aliphatic heterocycles. The fraction of sp³-hybridized carbons (Fsp3) is 0.375. The van der Waals surface area contributed by atoms with E-state index < -0.39 is 4.92 Å². The number of guanidine groups is 1. The zero-order valence-electron chi connectivity index (χ0n) is 13.8. The molecule has 2 aromatic rings. The van der Waals surface area contributed by atoms with Gasteiger partial charge in [-0.2, -0.15) is 0 Å². The Morgan fingerprint density at radius 2 is 2.25 bits per heavy atom. The Morgan fingerprint density at radius 1 is 1.42 bits per heavy atom. The maximum atomic E-state index is 10.8. The Labute approximate surface area is 145 Å². The van der Waals surface area contributed by atoms with Crippen molar-refractivity contribution < 1.29 is 4.92 Å². The maximum Gasteiger partial charge on any atom is 0.269 e. The van der Waals surface area contributed by atoms with Gasteiger partial charge in [0.1, 0.15) is 0 Å².